The van der Waals surface area contributed by atoms with Gasteiger partial charge < -0.3 is 10.6 Å². The van der Waals surface area contributed by atoms with E-state index in [1.807, 2.05) is 42.8 Å². The topological polar surface area (TPSA) is 71.1 Å². The Hall–Kier alpha value is -1.86. The van der Waals surface area contributed by atoms with Gasteiger partial charge in [0.05, 0.1) is 12.2 Å². The summed E-state index contributed by atoms with van der Waals surface area (Å²) >= 11 is 3.07. The number of amides is 2. The zero-order chi connectivity index (χ0) is 17.1. The Labute approximate surface area is 149 Å². The van der Waals surface area contributed by atoms with Crippen LogP contribution in [0.2, 0.25) is 0 Å². The minimum atomic E-state index is -0.254. The van der Waals surface area contributed by atoms with Crippen molar-refractivity contribution in [3.63, 3.8) is 0 Å². The predicted molar refractivity (Wildman–Crippen MR) is 98.2 cm³/mol. The molecule has 1 aromatic heterocycles. The van der Waals surface area contributed by atoms with E-state index < -0.39 is 0 Å². The minimum Gasteiger partial charge on any atom is -0.347 e. The molecule has 24 heavy (non-hydrogen) atoms. The summed E-state index contributed by atoms with van der Waals surface area (Å²) < 4.78 is 0. The van der Waals surface area contributed by atoms with Crippen molar-refractivity contribution in [2.75, 3.05) is 18.1 Å². The van der Waals surface area contributed by atoms with Crippen molar-refractivity contribution in [2.24, 2.45) is 11.8 Å². The number of nitrogens with one attached hydrogen (secondary N) is 2. The maximum absolute atomic E-state index is 11.9. The third-order valence-electron chi connectivity index (χ3n) is 4.01. The number of thiazole rings is 1. The molecule has 3 rings (SSSR count). The Kier molecular flexibility index (Phi) is 5.20. The number of anilines is 1. The second-order valence-corrected chi connectivity index (χ2v) is 7.59. The van der Waals surface area contributed by atoms with Crippen molar-refractivity contribution in [1.82, 2.24) is 10.3 Å². The number of carbonyl (C=O) groups is 2. The smallest absolute Gasteiger partial charge is 0.245 e. The van der Waals surface area contributed by atoms with Crippen molar-refractivity contribution >= 4 is 40.0 Å². The molecule has 1 aliphatic rings. The van der Waals surface area contributed by atoms with Crippen LogP contribution >= 0.6 is 23.1 Å². The quantitative estimate of drug-likeness (QED) is 0.775. The lowest BCUT2D eigenvalue weighted by Gasteiger charge is -2.04. The van der Waals surface area contributed by atoms with Crippen LogP contribution in [0, 0.1) is 11.8 Å². The number of nitrogens with zero attached hydrogens (tertiary/aromatic N) is 1. The van der Waals surface area contributed by atoms with Crippen LogP contribution in [-0.4, -0.2) is 29.6 Å². The lowest BCUT2D eigenvalue weighted by molar-refractivity contribution is -0.125. The van der Waals surface area contributed by atoms with Gasteiger partial charge in [-0.25, -0.2) is 4.98 Å². The van der Waals surface area contributed by atoms with Gasteiger partial charge in [0.1, 0.15) is 0 Å². The van der Waals surface area contributed by atoms with E-state index in [0.29, 0.717) is 11.0 Å². The first kappa shape index (κ1) is 17.0. The third-order valence-corrected chi connectivity index (χ3v) is 5.51. The predicted octanol–water partition coefficient (Wildman–Crippen LogP) is 3.24. The molecule has 0 radical (unpaired) electrons. The molecule has 0 spiro atoms. The van der Waals surface area contributed by atoms with E-state index in [1.54, 1.807) is 11.8 Å². The van der Waals surface area contributed by atoms with Gasteiger partial charge in [-0.3, -0.25) is 9.59 Å². The van der Waals surface area contributed by atoms with Crippen molar-refractivity contribution in [2.45, 2.75) is 18.2 Å². The lowest BCUT2D eigenvalue weighted by Crippen LogP contribution is -2.34. The highest BCUT2D eigenvalue weighted by atomic mass is 32.2. The van der Waals surface area contributed by atoms with Gasteiger partial charge in [-0.1, -0.05) is 19.1 Å². The molecular weight excluding hydrogens is 342 g/mol. The molecule has 1 fully saturated rings. The SMILES string of the molecule is CSc1ccc(-c2csc(NC(=O)CNC(=O)[C@@H]3C[C@@H]3C)n2)cc1. The standard InChI is InChI=1S/C17H19N3O2S2/c1-10-7-13(10)16(22)18-8-15(21)20-17-19-14(9-24-17)11-3-5-12(23-2)6-4-11/h3-6,9-10,13H,7-8H2,1-2H3,(H,18,22)(H,19,20,21)/t10-,13+/m0/s1. The average Bonchev–Trinajstić information content (AvgIpc) is 3.15. The lowest BCUT2D eigenvalue weighted by atomic mass is 10.2. The summed E-state index contributed by atoms with van der Waals surface area (Å²) in [5, 5.41) is 7.85. The highest BCUT2D eigenvalue weighted by molar-refractivity contribution is 7.98. The summed E-state index contributed by atoms with van der Waals surface area (Å²) in [6, 6.07) is 8.13. The molecule has 2 N–H and O–H groups in total. The first-order valence-corrected chi connectivity index (χ1v) is 9.85. The summed E-state index contributed by atoms with van der Waals surface area (Å²) in [7, 11) is 0. The zero-order valence-electron chi connectivity index (χ0n) is 13.5. The summed E-state index contributed by atoms with van der Waals surface area (Å²) in [5.41, 5.74) is 1.85. The van der Waals surface area contributed by atoms with Crippen LogP contribution in [-0.2, 0) is 9.59 Å². The fourth-order valence-electron chi connectivity index (χ4n) is 2.37. The van der Waals surface area contributed by atoms with Gasteiger partial charge >= 0.3 is 0 Å². The number of thioether (sulfide) groups is 1. The molecule has 2 aromatic rings. The summed E-state index contributed by atoms with van der Waals surface area (Å²) in [6.07, 6.45) is 2.95. The Morgan fingerprint density at radius 1 is 1.33 bits per heavy atom. The van der Waals surface area contributed by atoms with E-state index in [1.165, 1.54) is 16.2 Å². The Morgan fingerprint density at radius 2 is 2.04 bits per heavy atom. The number of benzene rings is 1. The van der Waals surface area contributed by atoms with E-state index in [0.717, 1.165) is 17.7 Å². The van der Waals surface area contributed by atoms with Crippen LogP contribution in [0.1, 0.15) is 13.3 Å². The van der Waals surface area contributed by atoms with Crippen LogP contribution in [0.15, 0.2) is 34.5 Å². The first-order valence-electron chi connectivity index (χ1n) is 7.74. The molecule has 0 saturated heterocycles. The first-order chi connectivity index (χ1) is 11.6. The molecule has 1 saturated carbocycles. The summed E-state index contributed by atoms with van der Waals surface area (Å²) in [6.45, 7) is 2.02. The molecule has 0 bridgehead atoms. The van der Waals surface area contributed by atoms with Crippen LogP contribution in [0.3, 0.4) is 0 Å². The minimum absolute atomic E-state index is 0.0145. The molecule has 7 heteroatoms. The fourth-order valence-corrected chi connectivity index (χ4v) is 3.52. The molecule has 1 aliphatic carbocycles. The monoisotopic (exact) mass is 361 g/mol. The number of aromatic nitrogens is 1. The van der Waals surface area contributed by atoms with Crippen molar-refractivity contribution in [3.05, 3.63) is 29.6 Å². The highest BCUT2D eigenvalue weighted by Gasteiger charge is 2.38. The van der Waals surface area contributed by atoms with E-state index in [4.69, 9.17) is 0 Å². The van der Waals surface area contributed by atoms with Gasteiger partial charge in [-0.15, -0.1) is 23.1 Å². The zero-order valence-corrected chi connectivity index (χ0v) is 15.2. The number of rotatable bonds is 6. The summed E-state index contributed by atoms with van der Waals surface area (Å²) in [4.78, 5) is 29.2. The van der Waals surface area contributed by atoms with E-state index in [-0.39, 0.29) is 24.3 Å². The van der Waals surface area contributed by atoms with Gasteiger partial charge in [0.15, 0.2) is 5.13 Å². The van der Waals surface area contributed by atoms with Crippen molar-refractivity contribution in [3.8, 4) is 11.3 Å². The van der Waals surface area contributed by atoms with Gasteiger partial charge in [0.2, 0.25) is 11.8 Å². The number of hydrogen-bond acceptors (Lipinski definition) is 5. The molecule has 0 aliphatic heterocycles. The number of hydrogen-bond donors (Lipinski definition) is 2. The van der Waals surface area contributed by atoms with Crippen molar-refractivity contribution in [1.29, 1.82) is 0 Å². The fraction of sp³-hybridized carbons (Fsp3) is 0.353. The highest BCUT2D eigenvalue weighted by Crippen LogP contribution is 2.37. The third kappa shape index (κ3) is 4.15. The second-order valence-electron chi connectivity index (χ2n) is 5.85. The van der Waals surface area contributed by atoms with Crippen LogP contribution < -0.4 is 10.6 Å². The van der Waals surface area contributed by atoms with Gasteiger partial charge in [-0.2, -0.15) is 0 Å². The Bertz CT molecular complexity index is 743. The molecule has 2 atom stereocenters. The molecule has 5 nitrogen and oxygen atoms in total. The van der Waals surface area contributed by atoms with Crippen molar-refractivity contribution < 1.29 is 9.59 Å². The molecular formula is C17H19N3O2S2. The van der Waals surface area contributed by atoms with Crippen LogP contribution in [0.4, 0.5) is 5.13 Å². The van der Waals surface area contributed by atoms with Gasteiger partial charge in [0, 0.05) is 21.8 Å². The van der Waals surface area contributed by atoms with Crippen LogP contribution in [0.5, 0.6) is 0 Å². The van der Waals surface area contributed by atoms with E-state index in [9.17, 15) is 9.59 Å². The van der Waals surface area contributed by atoms with E-state index >= 15 is 0 Å². The molecule has 1 heterocycles. The molecule has 2 amide bonds. The average molecular weight is 361 g/mol. The van der Waals surface area contributed by atoms with Crippen LogP contribution in [0.25, 0.3) is 11.3 Å². The maximum Gasteiger partial charge on any atom is 0.245 e. The van der Waals surface area contributed by atoms with E-state index in [2.05, 4.69) is 15.6 Å². The summed E-state index contributed by atoms with van der Waals surface area (Å²) in [5.74, 6) is 0.224. The molecule has 1 aromatic carbocycles. The maximum atomic E-state index is 11.9. The molecule has 0 unspecified atom stereocenters. The second kappa shape index (κ2) is 7.36. The van der Waals surface area contributed by atoms with Gasteiger partial charge in [-0.05, 0) is 30.7 Å². The normalized spacial score (nSPS) is 18.9. The number of carbonyl (C=O) groups excluding carboxylic acids is 2. The Balaban J connectivity index is 1.53. The van der Waals surface area contributed by atoms with Gasteiger partial charge in [0.25, 0.3) is 0 Å². The Morgan fingerprint density at radius 3 is 2.67 bits per heavy atom. The molecule has 126 valence electrons. The largest absolute Gasteiger partial charge is 0.347 e.